The first-order chi connectivity index (χ1) is 12.9. The van der Waals surface area contributed by atoms with Gasteiger partial charge < -0.3 is 29.7 Å². The maximum atomic E-state index is 10.1. The van der Waals surface area contributed by atoms with E-state index in [4.69, 9.17) is 0 Å². The minimum Gasteiger partial charge on any atom is -0.545 e. The van der Waals surface area contributed by atoms with Gasteiger partial charge in [0.25, 0.3) is 0 Å². The van der Waals surface area contributed by atoms with Gasteiger partial charge in [0.05, 0.1) is 17.9 Å². The number of benzene rings is 3. The van der Waals surface area contributed by atoms with E-state index in [1.54, 1.807) is 54.6 Å². The molecule has 0 bridgehead atoms. The van der Waals surface area contributed by atoms with Crippen molar-refractivity contribution in [3.63, 3.8) is 0 Å². The summed E-state index contributed by atoms with van der Waals surface area (Å²) in [5, 5.41) is 30.3. The predicted molar refractivity (Wildman–Crippen MR) is 92.3 cm³/mol. The van der Waals surface area contributed by atoms with Gasteiger partial charge in [-0.2, -0.15) is 0 Å². The van der Waals surface area contributed by atoms with Gasteiger partial charge in [0, 0.05) is 0 Å². The van der Waals surface area contributed by atoms with E-state index in [0.29, 0.717) is 0 Å². The van der Waals surface area contributed by atoms with Gasteiger partial charge in [0.15, 0.2) is 0 Å². The summed E-state index contributed by atoms with van der Waals surface area (Å²) in [6, 6.07) is 24.2. The summed E-state index contributed by atoms with van der Waals surface area (Å²) in [5.74, 6) is -3.39. The Hall–Kier alpha value is -3.06. The minimum absolute atomic E-state index is 0. The fourth-order valence-corrected chi connectivity index (χ4v) is 1.72. The Morgan fingerprint density at radius 1 is 0.429 bits per heavy atom. The number of carbonyl (C=O) groups excluding carboxylic acids is 3. The smallest absolute Gasteiger partial charge is 0.545 e. The van der Waals surface area contributed by atoms with Gasteiger partial charge in [-0.15, -0.1) is 0 Å². The molecule has 0 N–H and O–H groups in total. The van der Waals surface area contributed by atoms with Crippen LogP contribution < -0.4 is 15.3 Å². The van der Waals surface area contributed by atoms with Crippen LogP contribution in [0.15, 0.2) is 91.0 Å². The standard InChI is InChI=1S/3C7H6O2.Sc/c3*8-7(9)6-4-2-1-3-5-6;/h3*1-5H,(H,8,9);/q;;;+3/p-3. The molecule has 3 aromatic carbocycles. The van der Waals surface area contributed by atoms with E-state index >= 15 is 0 Å². The normalized spacial score (nSPS) is 8.57. The second-order valence-corrected chi connectivity index (χ2v) is 4.96. The van der Waals surface area contributed by atoms with Gasteiger partial charge in [0.1, 0.15) is 0 Å². The number of aromatic carboxylic acids is 3. The van der Waals surface area contributed by atoms with E-state index < -0.39 is 17.9 Å². The molecule has 0 saturated heterocycles. The maximum Gasteiger partial charge on any atom is 3.00 e. The van der Waals surface area contributed by atoms with Crippen LogP contribution in [-0.4, -0.2) is 17.9 Å². The minimum atomic E-state index is -1.13. The molecule has 6 nitrogen and oxygen atoms in total. The van der Waals surface area contributed by atoms with Crippen LogP contribution in [-0.2, 0) is 25.8 Å². The summed E-state index contributed by atoms with van der Waals surface area (Å²) >= 11 is 0. The number of carboxylic acid groups (broad SMARTS) is 3. The largest absolute Gasteiger partial charge is 3.00 e. The van der Waals surface area contributed by atoms with E-state index in [9.17, 15) is 29.7 Å². The van der Waals surface area contributed by atoms with Crippen molar-refractivity contribution in [3.05, 3.63) is 108 Å². The van der Waals surface area contributed by atoms with Gasteiger partial charge in [-0.05, 0) is 16.7 Å². The van der Waals surface area contributed by atoms with Crippen LogP contribution >= 0.6 is 0 Å². The Morgan fingerprint density at radius 2 is 0.607 bits per heavy atom. The molecule has 0 aromatic heterocycles. The first-order valence-corrected chi connectivity index (χ1v) is 7.71. The molecule has 0 aliphatic heterocycles. The third kappa shape index (κ3) is 10.2. The maximum absolute atomic E-state index is 10.1. The topological polar surface area (TPSA) is 120 Å². The van der Waals surface area contributed by atoms with E-state index in [1.807, 2.05) is 0 Å². The van der Waals surface area contributed by atoms with E-state index in [2.05, 4.69) is 0 Å². The Bertz CT molecular complexity index is 734. The van der Waals surface area contributed by atoms with Crippen molar-refractivity contribution in [1.82, 2.24) is 0 Å². The summed E-state index contributed by atoms with van der Waals surface area (Å²) in [6.45, 7) is 0. The van der Waals surface area contributed by atoms with Gasteiger partial charge in [-0.1, -0.05) is 91.0 Å². The zero-order valence-electron chi connectivity index (χ0n) is 14.7. The molecule has 0 radical (unpaired) electrons. The molecule has 0 atom stereocenters. The molecule has 0 aliphatic carbocycles. The van der Waals surface area contributed by atoms with Crippen molar-refractivity contribution >= 4 is 17.9 Å². The second-order valence-electron chi connectivity index (χ2n) is 4.96. The summed E-state index contributed by atoms with van der Waals surface area (Å²) in [7, 11) is 0. The van der Waals surface area contributed by atoms with Gasteiger partial charge >= 0.3 is 25.8 Å². The molecule has 0 saturated carbocycles. The fourth-order valence-electron chi connectivity index (χ4n) is 1.72. The molecule has 3 aromatic rings. The van der Waals surface area contributed by atoms with Crippen LogP contribution in [0.1, 0.15) is 31.1 Å². The summed E-state index contributed by atoms with van der Waals surface area (Å²) < 4.78 is 0. The van der Waals surface area contributed by atoms with E-state index in [-0.39, 0.29) is 42.5 Å². The van der Waals surface area contributed by atoms with Crippen molar-refractivity contribution < 1.29 is 55.5 Å². The molecular weight excluding hydrogens is 393 g/mol. The number of carboxylic acids is 3. The molecule has 0 aliphatic rings. The molecule has 0 amide bonds. The van der Waals surface area contributed by atoms with Crippen LogP contribution in [0.5, 0.6) is 0 Å². The molecule has 28 heavy (non-hydrogen) atoms. The van der Waals surface area contributed by atoms with Gasteiger partial charge in [-0.3, -0.25) is 0 Å². The SMILES string of the molecule is O=C([O-])c1ccccc1.O=C([O-])c1ccccc1.O=C([O-])c1ccccc1.[Sc+3]. The van der Waals surface area contributed by atoms with E-state index in [0.717, 1.165) is 0 Å². The van der Waals surface area contributed by atoms with Crippen molar-refractivity contribution in [2.45, 2.75) is 0 Å². The average molecular weight is 408 g/mol. The Balaban J connectivity index is 0.000000384. The van der Waals surface area contributed by atoms with Crippen LogP contribution in [0.3, 0.4) is 0 Å². The quantitative estimate of drug-likeness (QED) is 0.608. The molecule has 138 valence electrons. The van der Waals surface area contributed by atoms with E-state index in [1.165, 1.54) is 36.4 Å². The zero-order chi connectivity index (χ0) is 20.1. The number of rotatable bonds is 3. The Morgan fingerprint density at radius 3 is 0.714 bits per heavy atom. The number of hydrogen-bond acceptors (Lipinski definition) is 6. The molecule has 0 unspecified atom stereocenters. The molecular formula is C21H15O6Sc. The molecule has 0 fully saturated rings. The monoisotopic (exact) mass is 408 g/mol. The van der Waals surface area contributed by atoms with Crippen LogP contribution in [0.2, 0.25) is 0 Å². The van der Waals surface area contributed by atoms with Crippen molar-refractivity contribution in [3.8, 4) is 0 Å². The molecule has 3 rings (SSSR count). The molecule has 0 heterocycles. The Kier molecular flexibility index (Phi) is 12.5. The average Bonchev–Trinajstić information content (AvgIpc) is 2.71. The van der Waals surface area contributed by atoms with Gasteiger partial charge in [-0.25, -0.2) is 0 Å². The first-order valence-electron chi connectivity index (χ1n) is 7.71. The molecule has 0 spiro atoms. The van der Waals surface area contributed by atoms with Crippen molar-refractivity contribution in [2.75, 3.05) is 0 Å². The second kappa shape index (κ2) is 14.1. The van der Waals surface area contributed by atoms with Crippen LogP contribution in [0.25, 0.3) is 0 Å². The first kappa shape index (κ1) is 24.9. The number of carbonyl (C=O) groups is 3. The van der Waals surface area contributed by atoms with Gasteiger partial charge in [0.2, 0.25) is 0 Å². The Labute approximate surface area is 180 Å². The third-order valence-electron chi connectivity index (χ3n) is 3.03. The van der Waals surface area contributed by atoms with Crippen molar-refractivity contribution in [2.24, 2.45) is 0 Å². The molecule has 7 heteroatoms. The summed E-state index contributed by atoms with van der Waals surface area (Å²) in [5.41, 5.74) is 0.660. The van der Waals surface area contributed by atoms with Crippen LogP contribution in [0, 0.1) is 0 Å². The van der Waals surface area contributed by atoms with Crippen LogP contribution in [0.4, 0.5) is 0 Å². The van der Waals surface area contributed by atoms with Crippen molar-refractivity contribution in [1.29, 1.82) is 0 Å². The third-order valence-corrected chi connectivity index (χ3v) is 3.03. The zero-order valence-corrected chi connectivity index (χ0v) is 16.5. The predicted octanol–water partition coefficient (Wildman–Crippen LogP) is 0.148. The number of hydrogen-bond donors (Lipinski definition) is 0. The fraction of sp³-hybridized carbons (Fsp3) is 0. The summed E-state index contributed by atoms with van der Waals surface area (Å²) in [4.78, 5) is 30.3. The summed E-state index contributed by atoms with van der Waals surface area (Å²) in [6.07, 6.45) is 0.